The zero-order chi connectivity index (χ0) is 20.4. The molecule has 1 aliphatic carbocycles. The molecule has 1 aromatic carbocycles. The summed E-state index contributed by atoms with van der Waals surface area (Å²) in [6.07, 6.45) is 2.93. The predicted molar refractivity (Wildman–Crippen MR) is 102 cm³/mol. The molecule has 3 amide bonds. The Morgan fingerprint density at radius 1 is 1.14 bits per heavy atom. The van der Waals surface area contributed by atoms with Crippen LogP contribution in [0.5, 0.6) is 0 Å². The van der Waals surface area contributed by atoms with Crippen molar-refractivity contribution < 1.29 is 23.9 Å². The maximum Gasteiger partial charge on any atom is 0.338 e. The first kappa shape index (κ1) is 20.0. The zero-order valence-electron chi connectivity index (χ0n) is 16.5. The molecule has 150 valence electrons. The standard InChI is InChI=1S/C21H26N2O5/c1-12(2)8-9-23-19(25)16-7-6-15(10-17(16)20(23)26)21(27)28-11-18(24)22-13(3)14-4-5-14/h6-7,10,12-14H,4-5,8-9,11H2,1-3H3,(H,22,24)/t13-/m1/s1. The number of rotatable bonds is 8. The van der Waals surface area contributed by atoms with E-state index < -0.39 is 11.9 Å². The monoisotopic (exact) mass is 386 g/mol. The molecular weight excluding hydrogens is 360 g/mol. The van der Waals surface area contributed by atoms with E-state index in [2.05, 4.69) is 5.32 Å². The second-order valence-electron chi connectivity index (χ2n) is 7.97. The summed E-state index contributed by atoms with van der Waals surface area (Å²) in [6, 6.07) is 4.37. The normalized spacial score (nSPS) is 16.9. The molecule has 0 saturated heterocycles. The Labute approximate surface area is 164 Å². The number of benzene rings is 1. The topological polar surface area (TPSA) is 92.8 Å². The van der Waals surface area contributed by atoms with Gasteiger partial charge in [-0.15, -0.1) is 0 Å². The number of hydrogen-bond acceptors (Lipinski definition) is 5. The Kier molecular flexibility index (Phi) is 5.82. The minimum absolute atomic E-state index is 0.0756. The van der Waals surface area contributed by atoms with Gasteiger partial charge in [-0.3, -0.25) is 19.3 Å². The summed E-state index contributed by atoms with van der Waals surface area (Å²) in [5.74, 6) is -0.902. The maximum absolute atomic E-state index is 12.5. The average Bonchev–Trinajstić information content (AvgIpc) is 3.47. The SMILES string of the molecule is CC(C)CCN1C(=O)c2ccc(C(=O)OCC(=O)N[C@H](C)C3CC3)cc2C1=O. The van der Waals surface area contributed by atoms with Crippen molar-refractivity contribution in [2.24, 2.45) is 11.8 Å². The molecule has 1 heterocycles. The fourth-order valence-electron chi connectivity index (χ4n) is 3.23. The van der Waals surface area contributed by atoms with E-state index in [1.165, 1.54) is 23.1 Å². The van der Waals surface area contributed by atoms with Crippen LogP contribution < -0.4 is 5.32 Å². The van der Waals surface area contributed by atoms with Gasteiger partial charge >= 0.3 is 5.97 Å². The Bertz CT molecular complexity index is 813. The highest BCUT2D eigenvalue weighted by atomic mass is 16.5. The highest BCUT2D eigenvalue weighted by molar-refractivity contribution is 6.21. The molecule has 1 saturated carbocycles. The van der Waals surface area contributed by atoms with Gasteiger partial charge in [0.1, 0.15) is 0 Å². The lowest BCUT2D eigenvalue weighted by molar-refractivity contribution is -0.125. The van der Waals surface area contributed by atoms with E-state index in [4.69, 9.17) is 4.74 Å². The third kappa shape index (κ3) is 4.40. The average molecular weight is 386 g/mol. The summed E-state index contributed by atoms with van der Waals surface area (Å²) in [5.41, 5.74) is 0.643. The second-order valence-corrected chi connectivity index (χ2v) is 7.97. The van der Waals surface area contributed by atoms with Crippen molar-refractivity contribution in [1.82, 2.24) is 10.2 Å². The molecule has 1 N–H and O–H groups in total. The van der Waals surface area contributed by atoms with Crippen LogP contribution in [0.2, 0.25) is 0 Å². The first-order valence-corrected chi connectivity index (χ1v) is 9.74. The number of carbonyl (C=O) groups is 4. The number of ether oxygens (including phenoxy) is 1. The van der Waals surface area contributed by atoms with E-state index >= 15 is 0 Å². The lowest BCUT2D eigenvalue weighted by Gasteiger charge is -2.14. The van der Waals surface area contributed by atoms with Gasteiger partial charge < -0.3 is 10.1 Å². The van der Waals surface area contributed by atoms with Crippen LogP contribution in [-0.2, 0) is 9.53 Å². The van der Waals surface area contributed by atoms with Gasteiger partial charge in [-0.2, -0.15) is 0 Å². The minimum atomic E-state index is -0.696. The van der Waals surface area contributed by atoms with Crippen LogP contribution in [0.15, 0.2) is 18.2 Å². The third-order valence-electron chi connectivity index (χ3n) is 5.19. The predicted octanol–water partition coefficient (Wildman–Crippen LogP) is 2.40. The molecule has 0 radical (unpaired) electrons. The largest absolute Gasteiger partial charge is 0.452 e. The summed E-state index contributed by atoms with van der Waals surface area (Å²) in [7, 11) is 0. The number of nitrogens with one attached hydrogen (secondary N) is 1. The number of hydrogen-bond donors (Lipinski definition) is 1. The van der Waals surface area contributed by atoms with Crippen molar-refractivity contribution in [2.45, 2.75) is 46.1 Å². The van der Waals surface area contributed by atoms with Crippen molar-refractivity contribution in [3.8, 4) is 0 Å². The van der Waals surface area contributed by atoms with Gasteiger partial charge in [0.05, 0.1) is 16.7 Å². The summed E-state index contributed by atoms with van der Waals surface area (Å²) in [6.45, 7) is 5.96. The van der Waals surface area contributed by atoms with Crippen LogP contribution in [0.4, 0.5) is 0 Å². The quantitative estimate of drug-likeness (QED) is 0.547. The number of carbonyl (C=O) groups excluding carboxylic acids is 4. The van der Waals surface area contributed by atoms with Crippen molar-refractivity contribution >= 4 is 23.7 Å². The molecule has 1 fully saturated rings. The molecule has 1 atom stereocenters. The molecule has 7 heteroatoms. The van der Waals surface area contributed by atoms with Gasteiger partial charge in [0.15, 0.2) is 6.61 Å². The Balaban J connectivity index is 1.60. The molecule has 0 unspecified atom stereocenters. The summed E-state index contributed by atoms with van der Waals surface area (Å²) in [5, 5.41) is 2.81. The van der Waals surface area contributed by atoms with Crippen molar-refractivity contribution in [1.29, 1.82) is 0 Å². The minimum Gasteiger partial charge on any atom is -0.452 e. The van der Waals surface area contributed by atoms with E-state index in [1.807, 2.05) is 20.8 Å². The van der Waals surface area contributed by atoms with E-state index in [9.17, 15) is 19.2 Å². The highest BCUT2D eigenvalue weighted by Crippen LogP contribution is 2.32. The molecule has 3 rings (SSSR count). The molecule has 0 aromatic heterocycles. The van der Waals surface area contributed by atoms with Crippen LogP contribution >= 0.6 is 0 Å². The van der Waals surface area contributed by atoms with Crippen LogP contribution in [0.25, 0.3) is 0 Å². The van der Waals surface area contributed by atoms with Crippen LogP contribution in [0.1, 0.15) is 71.1 Å². The highest BCUT2D eigenvalue weighted by Gasteiger charge is 2.36. The van der Waals surface area contributed by atoms with E-state index in [1.54, 1.807) is 0 Å². The van der Waals surface area contributed by atoms with Crippen molar-refractivity contribution in [3.63, 3.8) is 0 Å². The van der Waals surface area contributed by atoms with Crippen LogP contribution in [0.3, 0.4) is 0 Å². The fourth-order valence-corrected chi connectivity index (χ4v) is 3.23. The lowest BCUT2D eigenvalue weighted by atomic mass is 10.1. The molecule has 2 aliphatic rings. The number of imide groups is 1. The molecule has 0 spiro atoms. The lowest BCUT2D eigenvalue weighted by Crippen LogP contribution is -2.37. The van der Waals surface area contributed by atoms with E-state index in [0.29, 0.717) is 23.9 Å². The second kappa shape index (κ2) is 8.12. The van der Waals surface area contributed by atoms with E-state index in [-0.39, 0.29) is 35.6 Å². The smallest absolute Gasteiger partial charge is 0.338 e. The van der Waals surface area contributed by atoms with Gasteiger partial charge in [0.2, 0.25) is 0 Å². The van der Waals surface area contributed by atoms with Crippen LogP contribution in [0, 0.1) is 11.8 Å². The first-order valence-electron chi connectivity index (χ1n) is 9.74. The number of nitrogens with zero attached hydrogens (tertiary/aromatic N) is 1. The summed E-state index contributed by atoms with van der Waals surface area (Å²) in [4.78, 5) is 50.3. The fraction of sp³-hybridized carbons (Fsp3) is 0.524. The Morgan fingerprint density at radius 2 is 1.82 bits per heavy atom. The van der Waals surface area contributed by atoms with Gasteiger partial charge in [0, 0.05) is 12.6 Å². The molecule has 0 bridgehead atoms. The van der Waals surface area contributed by atoms with Gasteiger partial charge in [0.25, 0.3) is 17.7 Å². The zero-order valence-corrected chi connectivity index (χ0v) is 16.5. The Morgan fingerprint density at radius 3 is 2.46 bits per heavy atom. The summed E-state index contributed by atoms with van der Waals surface area (Å²) < 4.78 is 5.06. The van der Waals surface area contributed by atoms with Gasteiger partial charge in [-0.25, -0.2) is 4.79 Å². The molecule has 7 nitrogen and oxygen atoms in total. The van der Waals surface area contributed by atoms with Crippen molar-refractivity contribution in [2.75, 3.05) is 13.2 Å². The first-order chi connectivity index (χ1) is 13.3. The third-order valence-corrected chi connectivity index (χ3v) is 5.19. The molecule has 28 heavy (non-hydrogen) atoms. The maximum atomic E-state index is 12.5. The summed E-state index contributed by atoms with van der Waals surface area (Å²) >= 11 is 0. The number of esters is 1. The van der Waals surface area contributed by atoms with Crippen molar-refractivity contribution in [3.05, 3.63) is 34.9 Å². The Hall–Kier alpha value is -2.70. The van der Waals surface area contributed by atoms with Crippen LogP contribution in [-0.4, -0.2) is 47.8 Å². The molecular formula is C21H26N2O5. The van der Waals surface area contributed by atoms with Gasteiger partial charge in [-0.05, 0) is 56.2 Å². The molecule has 1 aromatic rings. The number of fused-ring (bicyclic) bond motifs is 1. The van der Waals surface area contributed by atoms with Gasteiger partial charge in [-0.1, -0.05) is 13.8 Å². The van der Waals surface area contributed by atoms with E-state index in [0.717, 1.165) is 19.3 Å². The molecule has 1 aliphatic heterocycles. The number of amides is 3.